The average Bonchev–Trinajstić information content (AvgIpc) is 2.35. The van der Waals surface area contributed by atoms with Crippen molar-refractivity contribution in [3.8, 4) is 0 Å². The monoisotopic (exact) mass is 314 g/mol. The second kappa shape index (κ2) is 7.33. The van der Waals surface area contributed by atoms with Gasteiger partial charge >= 0.3 is 0 Å². The highest BCUT2D eigenvalue weighted by atomic mass is 32.2. The van der Waals surface area contributed by atoms with Crippen LogP contribution in [0.3, 0.4) is 0 Å². The first kappa shape index (κ1) is 15.7. The molecule has 1 aromatic rings. The van der Waals surface area contributed by atoms with Crippen LogP contribution in [-0.2, 0) is 10.0 Å². The summed E-state index contributed by atoms with van der Waals surface area (Å²) in [6.07, 6.45) is 4.80. The number of nitrogen functional groups attached to an aromatic ring is 1. The van der Waals surface area contributed by atoms with Crippen LogP contribution in [0, 0.1) is 5.92 Å². The minimum atomic E-state index is -3.14. The Labute approximate surface area is 125 Å². The van der Waals surface area contributed by atoms with Crippen LogP contribution in [0.25, 0.3) is 0 Å². The highest BCUT2D eigenvalue weighted by molar-refractivity contribution is 8.00. The molecule has 0 saturated heterocycles. The number of rotatable bonds is 8. The summed E-state index contributed by atoms with van der Waals surface area (Å²) in [5.41, 5.74) is 6.33. The molecule has 6 heteroatoms. The van der Waals surface area contributed by atoms with Crippen molar-refractivity contribution in [3.05, 3.63) is 24.3 Å². The fourth-order valence-corrected chi connectivity index (χ4v) is 4.45. The van der Waals surface area contributed by atoms with Gasteiger partial charge in [0.2, 0.25) is 10.0 Å². The third-order valence-corrected chi connectivity index (χ3v) is 6.26. The van der Waals surface area contributed by atoms with E-state index in [1.165, 1.54) is 31.0 Å². The van der Waals surface area contributed by atoms with Crippen LogP contribution < -0.4 is 10.5 Å². The molecule has 1 aromatic carbocycles. The molecule has 1 fully saturated rings. The number of thioether (sulfide) groups is 1. The van der Waals surface area contributed by atoms with E-state index in [1.54, 1.807) is 0 Å². The molecule has 0 amide bonds. The lowest BCUT2D eigenvalue weighted by Crippen LogP contribution is -2.30. The molecular formula is C14H22N2O2S2. The van der Waals surface area contributed by atoms with Crippen LogP contribution in [0.4, 0.5) is 5.69 Å². The topological polar surface area (TPSA) is 72.2 Å². The fraction of sp³-hybridized carbons (Fsp3) is 0.571. The SMILES string of the molecule is Nc1ccc(SCCS(=O)(=O)NCCC2CCC2)cc1. The molecule has 1 saturated carbocycles. The van der Waals surface area contributed by atoms with Crippen LogP contribution in [0.2, 0.25) is 0 Å². The Morgan fingerprint density at radius 1 is 1.25 bits per heavy atom. The highest BCUT2D eigenvalue weighted by Gasteiger charge is 2.18. The first-order chi connectivity index (χ1) is 9.55. The Balaban J connectivity index is 1.64. The normalized spacial score (nSPS) is 16.0. The standard InChI is InChI=1S/C14H22N2O2S2/c15-13-4-6-14(7-5-13)19-10-11-20(17,18)16-9-8-12-2-1-3-12/h4-7,12,16H,1-3,8-11,15H2. The molecule has 0 bridgehead atoms. The molecule has 2 rings (SSSR count). The third kappa shape index (κ3) is 5.34. The second-order valence-corrected chi connectivity index (χ2v) is 8.31. The van der Waals surface area contributed by atoms with Gasteiger partial charge in [-0.25, -0.2) is 13.1 Å². The predicted octanol–water partition coefficient (Wildman–Crippen LogP) is 2.47. The van der Waals surface area contributed by atoms with Crippen molar-refractivity contribution in [1.82, 2.24) is 4.72 Å². The lowest BCUT2D eigenvalue weighted by atomic mass is 9.83. The van der Waals surface area contributed by atoms with Gasteiger partial charge in [-0.1, -0.05) is 19.3 Å². The summed E-state index contributed by atoms with van der Waals surface area (Å²) in [5, 5.41) is 0. The quantitative estimate of drug-likeness (QED) is 0.571. The van der Waals surface area contributed by atoms with Gasteiger partial charge in [0.15, 0.2) is 0 Å². The van der Waals surface area contributed by atoms with Crippen molar-refractivity contribution in [2.45, 2.75) is 30.6 Å². The summed E-state index contributed by atoms with van der Waals surface area (Å²) < 4.78 is 26.3. The Kier molecular flexibility index (Phi) is 5.74. The second-order valence-electron chi connectivity index (χ2n) is 5.22. The minimum Gasteiger partial charge on any atom is -0.399 e. The molecular weight excluding hydrogens is 292 g/mol. The van der Waals surface area contributed by atoms with Crippen molar-refractivity contribution < 1.29 is 8.42 Å². The van der Waals surface area contributed by atoms with E-state index >= 15 is 0 Å². The van der Waals surface area contributed by atoms with E-state index < -0.39 is 10.0 Å². The van der Waals surface area contributed by atoms with Crippen LogP contribution in [0.15, 0.2) is 29.2 Å². The molecule has 0 aliphatic heterocycles. The number of hydrogen-bond donors (Lipinski definition) is 2. The fourth-order valence-electron chi connectivity index (χ4n) is 2.11. The van der Waals surface area contributed by atoms with Crippen LogP contribution in [0.5, 0.6) is 0 Å². The van der Waals surface area contributed by atoms with Crippen molar-refractivity contribution in [1.29, 1.82) is 0 Å². The summed E-state index contributed by atoms with van der Waals surface area (Å²) in [6.45, 7) is 0.583. The number of sulfonamides is 1. The maximum absolute atomic E-state index is 11.8. The van der Waals surface area contributed by atoms with E-state index in [0.717, 1.165) is 22.9 Å². The molecule has 0 atom stereocenters. The molecule has 1 aliphatic carbocycles. The largest absolute Gasteiger partial charge is 0.399 e. The molecule has 112 valence electrons. The van der Waals surface area contributed by atoms with Gasteiger partial charge in [-0.2, -0.15) is 0 Å². The molecule has 20 heavy (non-hydrogen) atoms. The molecule has 0 spiro atoms. The zero-order valence-electron chi connectivity index (χ0n) is 11.5. The van der Waals surface area contributed by atoms with E-state index in [2.05, 4.69) is 4.72 Å². The number of nitrogens with one attached hydrogen (secondary N) is 1. The van der Waals surface area contributed by atoms with Crippen molar-refractivity contribution in [3.63, 3.8) is 0 Å². The van der Waals surface area contributed by atoms with E-state index in [-0.39, 0.29) is 5.75 Å². The summed E-state index contributed by atoms with van der Waals surface area (Å²) in [5.74, 6) is 1.46. The highest BCUT2D eigenvalue weighted by Crippen LogP contribution is 2.28. The Morgan fingerprint density at radius 3 is 2.55 bits per heavy atom. The van der Waals surface area contributed by atoms with Crippen molar-refractivity contribution in [2.24, 2.45) is 5.92 Å². The van der Waals surface area contributed by atoms with Crippen LogP contribution >= 0.6 is 11.8 Å². The molecule has 0 unspecified atom stereocenters. The van der Waals surface area contributed by atoms with Gasteiger partial charge in [0.05, 0.1) is 5.75 Å². The van der Waals surface area contributed by atoms with Gasteiger partial charge in [-0.3, -0.25) is 0 Å². The zero-order chi connectivity index (χ0) is 14.4. The molecule has 0 radical (unpaired) electrons. The van der Waals surface area contributed by atoms with Gasteiger partial charge in [0, 0.05) is 22.9 Å². The summed E-state index contributed by atoms with van der Waals surface area (Å²) in [6, 6.07) is 7.48. The van der Waals surface area contributed by atoms with Crippen molar-refractivity contribution in [2.75, 3.05) is 23.8 Å². The Hall–Kier alpha value is -0.720. The van der Waals surface area contributed by atoms with Gasteiger partial charge in [0.25, 0.3) is 0 Å². The minimum absolute atomic E-state index is 0.159. The first-order valence-electron chi connectivity index (χ1n) is 7.01. The average molecular weight is 314 g/mol. The van der Waals surface area contributed by atoms with Crippen LogP contribution in [-0.4, -0.2) is 26.5 Å². The van der Waals surface area contributed by atoms with Gasteiger partial charge < -0.3 is 5.73 Å². The summed E-state index contributed by atoms with van der Waals surface area (Å²) in [7, 11) is -3.14. The Bertz CT molecular complexity index is 510. The van der Waals surface area contributed by atoms with Gasteiger partial charge in [-0.05, 0) is 36.6 Å². The van der Waals surface area contributed by atoms with E-state index in [4.69, 9.17) is 5.73 Å². The molecule has 4 nitrogen and oxygen atoms in total. The first-order valence-corrected chi connectivity index (χ1v) is 9.65. The summed E-state index contributed by atoms with van der Waals surface area (Å²) in [4.78, 5) is 1.05. The molecule has 0 heterocycles. The van der Waals surface area contributed by atoms with Gasteiger partial charge in [-0.15, -0.1) is 11.8 Å². The number of benzene rings is 1. The number of anilines is 1. The Morgan fingerprint density at radius 2 is 1.95 bits per heavy atom. The van der Waals surface area contributed by atoms with Gasteiger partial charge in [0.1, 0.15) is 0 Å². The number of nitrogens with two attached hydrogens (primary N) is 1. The maximum atomic E-state index is 11.8. The smallest absolute Gasteiger partial charge is 0.212 e. The number of hydrogen-bond acceptors (Lipinski definition) is 4. The maximum Gasteiger partial charge on any atom is 0.212 e. The molecule has 3 N–H and O–H groups in total. The molecule has 0 aromatic heterocycles. The van der Waals surface area contributed by atoms with Crippen molar-refractivity contribution >= 4 is 27.5 Å². The van der Waals surface area contributed by atoms with E-state index in [0.29, 0.717) is 12.3 Å². The zero-order valence-corrected chi connectivity index (χ0v) is 13.2. The summed E-state index contributed by atoms with van der Waals surface area (Å²) >= 11 is 1.54. The van der Waals surface area contributed by atoms with E-state index in [1.807, 2.05) is 24.3 Å². The van der Waals surface area contributed by atoms with E-state index in [9.17, 15) is 8.42 Å². The lowest BCUT2D eigenvalue weighted by molar-refractivity contribution is 0.297. The lowest BCUT2D eigenvalue weighted by Gasteiger charge is -2.25. The van der Waals surface area contributed by atoms with Crippen LogP contribution in [0.1, 0.15) is 25.7 Å². The third-order valence-electron chi connectivity index (χ3n) is 3.60. The molecule has 1 aliphatic rings. The predicted molar refractivity (Wildman–Crippen MR) is 85.3 cm³/mol.